The first-order valence-electron chi connectivity index (χ1n) is 19.8. The molecule has 0 fully saturated rings. The number of nitrogens with zero attached hydrogens (tertiary/aromatic N) is 2. The van der Waals surface area contributed by atoms with Crippen molar-refractivity contribution in [3.8, 4) is 28.0 Å². The predicted octanol–water partition coefficient (Wildman–Crippen LogP) is 14.6. The molecule has 3 nitrogen and oxygen atoms in total. The average Bonchev–Trinajstić information content (AvgIpc) is 3.31. The monoisotopic (exact) mass is 744 g/mol. The number of fused-ring (bicyclic) bond motifs is 3. The molecule has 0 bridgehead atoms. The number of benzene rings is 9. The quantitative estimate of drug-likeness (QED) is 0.146. The molecule has 3 heteroatoms. The van der Waals surface area contributed by atoms with Gasteiger partial charge < -0.3 is 14.5 Å². The van der Waals surface area contributed by atoms with Crippen molar-refractivity contribution in [2.45, 2.75) is 5.60 Å². The zero-order chi connectivity index (χ0) is 38.7. The van der Waals surface area contributed by atoms with Crippen molar-refractivity contribution in [3.63, 3.8) is 0 Å². The van der Waals surface area contributed by atoms with E-state index < -0.39 is 5.60 Å². The van der Waals surface area contributed by atoms with E-state index in [2.05, 4.69) is 252 Å². The Bertz CT molecular complexity index is 2740. The SMILES string of the molecule is c1ccc(-c2ccc(N(c3ccccc3)c3ccc(C4(c5ccccc5)Oc5cc(N(c6ccccc6)c6ccccc6)ccc5-c5ccccc54)cc3)cc2)cc1. The number of ether oxygens (including phenoxy) is 1. The van der Waals surface area contributed by atoms with Crippen molar-refractivity contribution >= 4 is 34.1 Å². The zero-order valence-corrected chi connectivity index (χ0v) is 31.9. The van der Waals surface area contributed by atoms with E-state index in [4.69, 9.17) is 4.74 Å². The maximum absolute atomic E-state index is 7.57. The van der Waals surface area contributed by atoms with E-state index in [1.807, 2.05) is 0 Å². The molecule has 0 amide bonds. The van der Waals surface area contributed by atoms with Crippen LogP contribution in [0.2, 0.25) is 0 Å². The van der Waals surface area contributed by atoms with Crippen LogP contribution in [0.15, 0.2) is 243 Å². The third-order valence-corrected chi connectivity index (χ3v) is 11.1. The summed E-state index contributed by atoms with van der Waals surface area (Å²) in [6, 6.07) is 85.8. The molecule has 0 N–H and O–H groups in total. The van der Waals surface area contributed by atoms with Gasteiger partial charge in [-0.25, -0.2) is 0 Å². The molecule has 10 rings (SSSR count). The van der Waals surface area contributed by atoms with Gasteiger partial charge in [-0.2, -0.15) is 0 Å². The van der Waals surface area contributed by atoms with Crippen LogP contribution in [0.3, 0.4) is 0 Å². The van der Waals surface area contributed by atoms with E-state index >= 15 is 0 Å². The maximum Gasteiger partial charge on any atom is 0.185 e. The van der Waals surface area contributed by atoms with Gasteiger partial charge >= 0.3 is 0 Å². The smallest absolute Gasteiger partial charge is 0.185 e. The Morgan fingerprint density at radius 2 is 0.690 bits per heavy atom. The molecule has 0 aromatic heterocycles. The van der Waals surface area contributed by atoms with E-state index in [-0.39, 0.29) is 0 Å². The van der Waals surface area contributed by atoms with Gasteiger partial charge in [0.1, 0.15) is 5.75 Å². The molecular formula is C55H40N2O. The summed E-state index contributed by atoms with van der Waals surface area (Å²) in [5, 5.41) is 0. The lowest BCUT2D eigenvalue weighted by Crippen LogP contribution is -2.38. The van der Waals surface area contributed by atoms with Crippen LogP contribution >= 0.6 is 0 Å². The summed E-state index contributed by atoms with van der Waals surface area (Å²) in [6.07, 6.45) is 0. The number of hydrogen-bond acceptors (Lipinski definition) is 3. The van der Waals surface area contributed by atoms with Crippen molar-refractivity contribution in [1.29, 1.82) is 0 Å². The summed E-state index contributed by atoms with van der Waals surface area (Å²) in [7, 11) is 0. The fourth-order valence-corrected chi connectivity index (χ4v) is 8.37. The van der Waals surface area contributed by atoms with Gasteiger partial charge in [-0.1, -0.05) is 164 Å². The molecular weight excluding hydrogens is 705 g/mol. The molecule has 1 unspecified atom stereocenters. The number of rotatable bonds is 9. The molecule has 276 valence electrons. The number of anilines is 6. The van der Waals surface area contributed by atoms with E-state index in [0.717, 1.165) is 67.7 Å². The number of para-hydroxylation sites is 3. The van der Waals surface area contributed by atoms with Crippen LogP contribution in [-0.2, 0) is 5.60 Å². The molecule has 9 aromatic carbocycles. The maximum atomic E-state index is 7.57. The summed E-state index contributed by atoms with van der Waals surface area (Å²) in [4.78, 5) is 4.60. The minimum Gasteiger partial charge on any atom is -0.472 e. The number of hydrogen-bond donors (Lipinski definition) is 0. The van der Waals surface area contributed by atoms with Crippen molar-refractivity contribution in [2.24, 2.45) is 0 Å². The van der Waals surface area contributed by atoms with Gasteiger partial charge in [-0.3, -0.25) is 0 Å². The minimum atomic E-state index is -0.929. The van der Waals surface area contributed by atoms with Crippen LogP contribution in [0, 0.1) is 0 Å². The third kappa shape index (κ3) is 6.29. The summed E-state index contributed by atoms with van der Waals surface area (Å²) < 4.78 is 7.57. The highest BCUT2D eigenvalue weighted by atomic mass is 16.5. The Kier molecular flexibility index (Phi) is 9.09. The second-order valence-electron chi connectivity index (χ2n) is 14.5. The van der Waals surface area contributed by atoms with Gasteiger partial charge in [0.15, 0.2) is 5.60 Å². The summed E-state index contributed by atoms with van der Waals surface area (Å²) >= 11 is 0. The highest BCUT2D eigenvalue weighted by Crippen LogP contribution is 2.53. The van der Waals surface area contributed by atoms with Crippen LogP contribution in [0.25, 0.3) is 22.3 Å². The largest absolute Gasteiger partial charge is 0.472 e. The van der Waals surface area contributed by atoms with Gasteiger partial charge in [0.25, 0.3) is 0 Å². The van der Waals surface area contributed by atoms with Crippen LogP contribution in [0.5, 0.6) is 5.75 Å². The average molecular weight is 745 g/mol. The van der Waals surface area contributed by atoms with Crippen molar-refractivity contribution in [3.05, 3.63) is 259 Å². The molecule has 0 saturated heterocycles. The van der Waals surface area contributed by atoms with Crippen LogP contribution in [0.1, 0.15) is 16.7 Å². The Morgan fingerprint density at radius 3 is 1.26 bits per heavy atom. The minimum absolute atomic E-state index is 0.824. The Hall–Kier alpha value is -7.62. The van der Waals surface area contributed by atoms with E-state index in [0.29, 0.717) is 0 Å². The molecule has 58 heavy (non-hydrogen) atoms. The van der Waals surface area contributed by atoms with Crippen molar-refractivity contribution in [2.75, 3.05) is 9.80 Å². The van der Waals surface area contributed by atoms with E-state index in [1.54, 1.807) is 0 Å². The fraction of sp³-hybridized carbons (Fsp3) is 0.0182. The normalized spacial score (nSPS) is 14.1. The van der Waals surface area contributed by atoms with E-state index in [1.165, 1.54) is 11.1 Å². The molecule has 0 radical (unpaired) electrons. The van der Waals surface area contributed by atoms with Crippen molar-refractivity contribution < 1.29 is 4.74 Å². The second kappa shape index (κ2) is 15.1. The highest BCUT2D eigenvalue weighted by Gasteiger charge is 2.44. The summed E-state index contributed by atoms with van der Waals surface area (Å²) in [5.41, 5.74) is 13.3. The Balaban J connectivity index is 1.11. The molecule has 0 aliphatic carbocycles. The fourth-order valence-electron chi connectivity index (χ4n) is 8.37. The molecule has 1 aliphatic rings. The van der Waals surface area contributed by atoms with Gasteiger partial charge in [0.2, 0.25) is 0 Å². The summed E-state index contributed by atoms with van der Waals surface area (Å²) in [5.74, 6) is 0.824. The second-order valence-corrected chi connectivity index (χ2v) is 14.5. The predicted molar refractivity (Wildman–Crippen MR) is 240 cm³/mol. The molecule has 1 heterocycles. The lowest BCUT2D eigenvalue weighted by molar-refractivity contribution is 0.152. The van der Waals surface area contributed by atoms with Crippen LogP contribution in [0.4, 0.5) is 34.1 Å². The van der Waals surface area contributed by atoms with Gasteiger partial charge in [0.05, 0.1) is 0 Å². The molecule has 0 saturated carbocycles. The third-order valence-electron chi connectivity index (χ3n) is 11.1. The van der Waals surface area contributed by atoms with Gasteiger partial charge in [-0.05, 0) is 89.5 Å². The molecule has 9 aromatic rings. The first-order chi connectivity index (χ1) is 28.8. The zero-order valence-electron chi connectivity index (χ0n) is 31.9. The Morgan fingerprint density at radius 1 is 0.293 bits per heavy atom. The topological polar surface area (TPSA) is 15.7 Å². The molecule has 0 spiro atoms. The first-order valence-corrected chi connectivity index (χ1v) is 19.8. The van der Waals surface area contributed by atoms with Crippen LogP contribution in [-0.4, -0.2) is 0 Å². The molecule has 1 aliphatic heterocycles. The van der Waals surface area contributed by atoms with Gasteiger partial charge in [0, 0.05) is 62.4 Å². The lowest BCUT2D eigenvalue weighted by atomic mass is 9.75. The molecule has 1 atom stereocenters. The highest BCUT2D eigenvalue weighted by molar-refractivity contribution is 5.85. The standard InChI is InChI=1S/C55H40N2O/c1-6-18-41(19-7-1)42-30-34-48(35-31-42)56(45-22-10-3-11-23-45)49-36-32-44(33-37-49)55(43-20-8-2-9-21-43)53-29-17-16-28-51(53)52-39-38-50(40-54(52)58-55)57(46-24-12-4-13-25-46)47-26-14-5-15-27-47/h1-40H. The van der Waals surface area contributed by atoms with Gasteiger partial charge in [-0.15, -0.1) is 0 Å². The Labute approximate surface area is 340 Å². The first kappa shape index (κ1) is 34.8. The van der Waals surface area contributed by atoms with E-state index in [9.17, 15) is 0 Å². The van der Waals surface area contributed by atoms with Crippen molar-refractivity contribution in [1.82, 2.24) is 0 Å². The lowest BCUT2D eigenvalue weighted by Gasteiger charge is -2.42. The summed E-state index contributed by atoms with van der Waals surface area (Å²) in [6.45, 7) is 0. The van der Waals surface area contributed by atoms with Crippen LogP contribution < -0.4 is 14.5 Å².